The number of piperidine rings is 1. The first-order valence-corrected chi connectivity index (χ1v) is 7.48. The molecule has 1 atom stereocenters. The Bertz CT molecular complexity index is 374. The zero-order valence-electron chi connectivity index (χ0n) is 11.5. The van der Waals surface area contributed by atoms with E-state index in [1.54, 1.807) is 0 Å². The topological polar surface area (TPSA) is 61.6 Å². The lowest BCUT2D eigenvalue weighted by molar-refractivity contribution is -0.130. The van der Waals surface area contributed by atoms with Crippen molar-refractivity contribution < 1.29 is 4.79 Å². The van der Waals surface area contributed by atoms with Crippen LogP contribution in [0, 0.1) is 0 Å². The maximum Gasteiger partial charge on any atom is 0.222 e. The van der Waals surface area contributed by atoms with Crippen LogP contribution >= 0.6 is 0 Å². The summed E-state index contributed by atoms with van der Waals surface area (Å²) in [6, 6.07) is 0.870. The first kappa shape index (κ1) is 12.8. The average Bonchev–Trinajstić information content (AvgIpc) is 2.86. The van der Waals surface area contributed by atoms with Gasteiger partial charge in [0, 0.05) is 50.5 Å². The molecule has 5 nitrogen and oxygen atoms in total. The lowest BCUT2D eigenvalue weighted by Crippen LogP contribution is -2.51. The van der Waals surface area contributed by atoms with Crippen LogP contribution in [0.15, 0.2) is 11.9 Å². The van der Waals surface area contributed by atoms with Gasteiger partial charge in [-0.15, -0.1) is 0 Å². The maximum absolute atomic E-state index is 11.8. The molecule has 3 aliphatic heterocycles. The van der Waals surface area contributed by atoms with Crippen LogP contribution in [0.5, 0.6) is 0 Å². The van der Waals surface area contributed by atoms with E-state index in [0.29, 0.717) is 18.0 Å². The smallest absolute Gasteiger partial charge is 0.222 e. The Hall–Kier alpha value is -1.23. The molecule has 0 bridgehead atoms. The largest absolute Gasteiger partial charge is 0.400 e. The fourth-order valence-electron chi connectivity index (χ4n) is 3.63. The van der Waals surface area contributed by atoms with Crippen LogP contribution in [0.2, 0.25) is 0 Å². The molecule has 3 N–H and O–H groups in total. The normalized spacial score (nSPS) is 30.3. The number of hydrogen-bond donors (Lipinski definition) is 2. The maximum atomic E-state index is 11.8. The van der Waals surface area contributed by atoms with Crippen LogP contribution in [0.1, 0.15) is 32.1 Å². The van der Waals surface area contributed by atoms with E-state index in [9.17, 15) is 4.79 Å². The summed E-state index contributed by atoms with van der Waals surface area (Å²) in [6.45, 7) is 4.11. The van der Waals surface area contributed by atoms with E-state index >= 15 is 0 Å². The first-order valence-electron chi connectivity index (χ1n) is 7.48. The Kier molecular flexibility index (Phi) is 3.64. The summed E-state index contributed by atoms with van der Waals surface area (Å²) in [5.74, 6) is 0.361. The molecular formula is C14H24N4O. The first-order chi connectivity index (χ1) is 9.25. The monoisotopic (exact) mass is 264 g/mol. The second kappa shape index (κ2) is 5.41. The molecule has 19 heavy (non-hydrogen) atoms. The number of carbonyl (C=O) groups is 1. The number of carbonyl (C=O) groups excluding carboxylic acids is 1. The van der Waals surface area contributed by atoms with Crippen molar-refractivity contribution in [3.8, 4) is 0 Å². The molecular weight excluding hydrogens is 240 g/mol. The summed E-state index contributed by atoms with van der Waals surface area (Å²) in [6.07, 6.45) is 7.04. The molecule has 0 radical (unpaired) electrons. The highest BCUT2D eigenvalue weighted by atomic mass is 16.2. The Morgan fingerprint density at radius 1 is 1.21 bits per heavy atom. The fraction of sp³-hybridized carbons (Fsp3) is 0.786. The Morgan fingerprint density at radius 2 is 2.00 bits per heavy atom. The minimum Gasteiger partial charge on any atom is -0.400 e. The summed E-state index contributed by atoms with van der Waals surface area (Å²) in [7, 11) is 0. The number of nitrogens with zero attached hydrogens (tertiary/aromatic N) is 2. The lowest BCUT2D eigenvalue weighted by Gasteiger charge is -2.41. The predicted octanol–water partition coefficient (Wildman–Crippen LogP) is 0.235. The van der Waals surface area contributed by atoms with Crippen LogP contribution in [-0.4, -0.2) is 54.0 Å². The van der Waals surface area contributed by atoms with Crippen molar-refractivity contribution in [3.63, 3.8) is 0 Å². The van der Waals surface area contributed by atoms with E-state index in [0.717, 1.165) is 64.0 Å². The van der Waals surface area contributed by atoms with Gasteiger partial charge >= 0.3 is 0 Å². The lowest BCUT2D eigenvalue weighted by atomic mass is 9.98. The van der Waals surface area contributed by atoms with Crippen molar-refractivity contribution >= 4 is 5.91 Å². The zero-order chi connectivity index (χ0) is 13.2. The zero-order valence-corrected chi connectivity index (χ0v) is 11.5. The van der Waals surface area contributed by atoms with E-state index in [4.69, 9.17) is 5.73 Å². The number of likely N-dealkylation sites (tertiary alicyclic amines) is 2. The highest BCUT2D eigenvalue weighted by Gasteiger charge is 2.33. The molecule has 0 aromatic carbocycles. The molecule has 1 unspecified atom stereocenters. The molecule has 3 heterocycles. The summed E-state index contributed by atoms with van der Waals surface area (Å²) in [5.41, 5.74) is 7.04. The van der Waals surface area contributed by atoms with Crippen LogP contribution < -0.4 is 11.1 Å². The van der Waals surface area contributed by atoms with Crippen LogP contribution in [0.25, 0.3) is 0 Å². The minimum absolute atomic E-state index is 0.361. The highest BCUT2D eigenvalue weighted by molar-refractivity contribution is 5.78. The number of nitrogens with two attached hydrogens (primary N) is 1. The Balaban J connectivity index is 1.56. The van der Waals surface area contributed by atoms with Crippen LogP contribution in [0.4, 0.5) is 0 Å². The molecule has 0 aliphatic carbocycles. The van der Waals surface area contributed by atoms with Gasteiger partial charge in [0.1, 0.15) is 0 Å². The van der Waals surface area contributed by atoms with Gasteiger partial charge in [-0.2, -0.15) is 0 Å². The molecule has 0 saturated carbocycles. The van der Waals surface area contributed by atoms with E-state index in [2.05, 4.69) is 15.1 Å². The highest BCUT2D eigenvalue weighted by Crippen LogP contribution is 2.25. The minimum atomic E-state index is 0.361. The van der Waals surface area contributed by atoms with Crippen molar-refractivity contribution in [1.82, 2.24) is 15.1 Å². The van der Waals surface area contributed by atoms with Gasteiger partial charge in [0.15, 0.2) is 0 Å². The molecule has 1 amide bonds. The van der Waals surface area contributed by atoms with Crippen molar-refractivity contribution in [1.29, 1.82) is 0 Å². The van der Waals surface area contributed by atoms with E-state index in [1.165, 1.54) is 0 Å². The molecule has 2 fully saturated rings. The van der Waals surface area contributed by atoms with E-state index < -0.39 is 0 Å². The van der Waals surface area contributed by atoms with Gasteiger partial charge in [0.2, 0.25) is 5.91 Å². The third-order valence-electron chi connectivity index (χ3n) is 4.71. The molecule has 0 aromatic rings. The van der Waals surface area contributed by atoms with Crippen LogP contribution in [-0.2, 0) is 4.79 Å². The summed E-state index contributed by atoms with van der Waals surface area (Å²) in [5, 5.41) is 3.20. The van der Waals surface area contributed by atoms with Gasteiger partial charge in [-0.3, -0.25) is 9.69 Å². The van der Waals surface area contributed by atoms with Crippen molar-refractivity contribution in [3.05, 3.63) is 11.9 Å². The molecule has 0 spiro atoms. The summed E-state index contributed by atoms with van der Waals surface area (Å²) in [4.78, 5) is 16.4. The van der Waals surface area contributed by atoms with Gasteiger partial charge < -0.3 is 16.0 Å². The molecule has 2 saturated heterocycles. The molecule has 3 aliphatic rings. The molecule has 106 valence electrons. The third kappa shape index (κ3) is 2.56. The van der Waals surface area contributed by atoms with Gasteiger partial charge in [-0.05, 0) is 25.7 Å². The number of hydrogen-bond acceptors (Lipinski definition) is 4. The Morgan fingerprint density at radius 3 is 2.63 bits per heavy atom. The fourth-order valence-corrected chi connectivity index (χ4v) is 3.63. The average molecular weight is 264 g/mol. The summed E-state index contributed by atoms with van der Waals surface area (Å²) < 4.78 is 0. The predicted molar refractivity (Wildman–Crippen MR) is 74.2 cm³/mol. The van der Waals surface area contributed by atoms with Gasteiger partial charge in [0.25, 0.3) is 0 Å². The number of amides is 1. The molecule has 0 aromatic heterocycles. The number of nitrogens with one attached hydrogen (secondary N) is 1. The van der Waals surface area contributed by atoms with E-state index in [1.807, 2.05) is 6.20 Å². The second-order valence-electron chi connectivity index (χ2n) is 5.86. The van der Waals surface area contributed by atoms with E-state index in [-0.39, 0.29) is 0 Å². The van der Waals surface area contributed by atoms with Gasteiger partial charge in [-0.1, -0.05) is 0 Å². The standard InChI is InChI=1S/C14H24N4O/c15-12-10-16-6-3-13(12)17-8-4-11(5-9-17)18-7-1-2-14(18)19/h10-11,13,16H,1-9,15H2. The quantitative estimate of drug-likeness (QED) is 0.750. The van der Waals surface area contributed by atoms with Gasteiger partial charge in [0.05, 0.1) is 6.04 Å². The summed E-state index contributed by atoms with van der Waals surface area (Å²) >= 11 is 0. The third-order valence-corrected chi connectivity index (χ3v) is 4.71. The van der Waals surface area contributed by atoms with Crippen molar-refractivity contribution in [2.45, 2.75) is 44.2 Å². The van der Waals surface area contributed by atoms with Crippen LogP contribution in [0.3, 0.4) is 0 Å². The molecule has 5 heteroatoms. The molecule has 3 rings (SSSR count). The van der Waals surface area contributed by atoms with Gasteiger partial charge in [-0.25, -0.2) is 0 Å². The second-order valence-corrected chi connectivity index (χ2v) is 5.86. The number of rotatable bonds is 2. The van der Waals surface area contributed by atoms with Crippen molar-refractivity contribution in [2.75, 3.05) is 26.2 Å². The Labute approximate surface area is 114 Å². The van der Waals surface area contributed by atoms with Crippen molar-refractivity contribution in [2.24, 2.45) is 5.73 Å². The SMILES string of the molecule is NC1=CNCCC1N1CCC(N2CCCC2=O)CC1.